The zero-order valence-electron chi connectivity index (χ0n) is 11.9. The molecule has 1 unspecified atom stereocenters. The second-order valence-electron chi connectivity index (χ2n) is 5.76. The Labute approximate surface area is 121 Å². The third-order valence-electron chi connectivity index (χ3n) is 3.60. The van der Waals surface area contributed by atoms with Gasteiger partial charge in [-0.15, -0.1) is 13.2 Å². The minimum absolute atomic E-state index is 0.119. The molecule has 1 aromatic carbocycles. The topological polar surface area (TPSA) is 59.6 Å². The summed E-state index contributed by atoms with van der Waals surface area (Å²) in [4.78, 5) is 4.35. The summed E-state index contributed by atoms with van der Waals surface area (Å²) in [5, 5.41) is 2.79. The van der Waals surface area contributed by atoms with Gasteiger partial charge in [-0.25, -0.2) is 4.99 Å². The molecule has 1 aliphatic carbocycles. The van der Waals surface area contributed by atoms with Crippen molar-refractivity contribution >= 4 is 11.6 Å². The van der Waals surface area contributed by atoms with Gasteiger partial charge in [0.15, 0.2) is 5.96 Å². The standard InChI is InChI=1S/C14H18F3N3O/c1-13(2)7-6-11(13)20-12(18)19-9-4-3-5-10(8-9)21-14(15,16)17/h3-5,8,11H,6-7H2,1-2H3,(H3,18,19,20). The van der Waals surface area contributed by atoms with E-state index >= 15 is 0 Å². The molecule has 0 aromatic heterocycles. The van der Waals surface area contributed by atoms with Crippen molar-refractivity contribution in [3.63, 3.8) is 0 Å². The average molecular weight is 301 g/mol. The molecule has 1 fully saturated rings. The molecule has 1 aromatic rings. The minimum atomic E-state index is -4.71. The van der Waals surface area contributed by atoms with Gasteiger partial charge in [0.25, 0.3) is 0 Å². The Morgan fingerprint density at radius 3 is 2.67 bits per heavy atom. The zero-order chi connectivity index (χ0) is 15.7. The number of nitrogens with one attached hydrogen (secondary N) is 1. The van der Waals surface area contributed by atoms with Crippen LogP contribution in [0.5, 0.6) is 5.75 Å². The first-order valence-electron chi connectivity index (χ1n) is 6.62. The number of hydrogen-bond donors (Lipinski definition) is 2. The molecule has 4 nitrogen and oxygen atoms in total. The van der Waals surface area contributed by atoms with Crippen LogP contribution in [0.1, 0.15) is 26.7 Å². The smallest absolute Gasteiger partial charge is 0.406 e. The van der Waals surface area contributed by atoms with Crippen molar-refractivity contribution in [3.05, 3.63) is 24.3 Å². The summed E-state index contributed by atoms with van der Waals surface area (Å²) in [6.45, 7) is 4.21. The van der Waals surface area contributed by atoms with Crippen LogP contribution in [0.3, 0.4) is 0 Å². The van der Waals surface area contributed by atoms with Gasteiger partial charge < -0.3 is 15.8 Å². The second kappa shape index (κ2) is 5.46. The van der Waals surface area contributed by atoms with Crippen molar-refractivity contribution < 1.29 is 17.9 Å². The third-order valence-corrected chi connectivity index (χ3v) is 3.60. The molecule has 0 saturated heterocycles. The number of aliphatic imine (C=N–C) groups is 1. The molecule has 21 heavy (non-hydrogen) atoms. The Morgan fingerprint density at radius 1 is 1.43 bits per heavy atom. The quantitative estimate of drug-likeness (QED) is 0.663. The minimum Gasteiger partial charge on any atom is -0.406 e. The van der Waals surface area contributed by atoms with Gasteiger partial charge in [-0.1, -0.05) is 19.9 Å². The first-order chi connectivity index (χ1) is 9.66. The molecule has 1 aliphatic rings. The summed E-state index contributed by atoms with van der Waals surface area (Å²) in [5.74, 6) is -0.110. The summed E-state index contributed by atoms with van der Waals surface area (Å²) < 4.78 is 40.3. The molecular formula is C14H18F3N3O. The number of nitrogens with two attached hydrogens (primary N) is 1. The van der Waals surface area contributed by atoms with Crippen LogP contribution in [0, 0.1) is 5.41 Å². The molecule has 0 spiro atoms. The Balaban J connectivity index is 2.02. The van der Waals surface area contributed by atoms with Gasteiger partial charge in [0, 0.05) is 11.8 Å². The van der Waals surface area contributed by atoms with Crippen molar-refractivity contribution in [1.82, 2.24) is 0 Å². The maximum Gasteiger partial charge on any atom is 0.573 e. The van der Waals surface area contributed by atoms with Crippen LogP contribution in [0.15, 0.2) is 29.3 Å². The van der Waals surface area contributed by atoms with Gasteiger partial charge in [0.2, 0.25) is 0 Å². The molecular weight excluding hydrogens is 283 g/mol. The first-order valence-corrected chi connectivity index (χ1v) is 6.62. The van der Waals surface area contributed by atoms with E-state index in [4.69, 9.17) is 5.73 Å². The van der Waals surface area contributed by atoms with Gasteiger partial charge in [-0.05, 0) is 30.4 Å². The maximum atomic E-state index is 12.2. The van der Waals surface area contributed by atoms with Crippen LogP contribution in [0.2, 0.25) is 0 Å². The van der Waals surface area contributed by atoms with E-state index in [0.29, 0.717) is 5.69 Å². The third kappa shape index (κ3) is 4.27. The number of guanidine groups is 1. The Hall–Kier alpha value is -1.92. The van der Waals surface area contributed by atoms with E-state index in [1.165, 1.54) is 18.2 Å². The number of benzene rings is 1. The number of rotatable bonds is 3. The lowest BCUT2D eigenvalue weighted by atomic mass is 9.68. The van der Waals surface area contributed by atoms with E-state index in [9.17, 15) is 13.2 Å². The Morgan fingerprint density at radius 2 is 2.14 bits per heavy atom. The second-order valence-corrected chi connectivity index (χ2v) is 5.76. The molecule has 1 saturated carbocycles. The number of hydrogen-bond acceptors (Lipinski definition) is 2. The van der Waals surface area contributed by atoms with Crippen LogP contribution >= 0.6 is 0 Å². The Kier molecular flexibility index (Phi) is 4.02. The first kappa shape index (κ1) is 15.5. The number of alkyl halides is 3. The lowest BCUT2D eigenvalue weighted by Crippen LogP contribution is -2.40. The van der Waals surface area contributed by atoms with Crippen molar-refractivity contribution in [2.24, 2.45) is 16.1 Å². The molecule has 0 amide bonds. The van der Waals surface area contributed by atoms with Crippen LogP contribution < -0.4 is 15.8 Å². The molecule has 3 N–H and O–H groups in total. The van der Waals surface area contributed by atoms with E-state index in [1.54, 1.807) is 6.07 Å². The molecule has 0 aliphatic heterocycles. The normalized spacial score (nSPS) is 21.6. The van der Waals surface area contributed by atoms with Crippen molar-refractivity contribution in [1.29, 1.82) is 0 Å². The van der Waals surface area contributed by atoms with Gasteiger partial charge in [-0.3, -0.25) is 0 Å². The summed E-state index contributed by atoms with van der Waals surface area (Å²) in [7, 11) is 0. The van der Waals surface area contributed by atoms with Crippen molar-refractivity contribution in [3.8, 4) is 5.75 Å². The zero-order valence-corrected chi connectivity index (χ0v) is 11.9. The highest BCUT2D eigenvalue weighted by Crippen LogP contribution is 2.42. The maximum absolute atomic E-state index is 12.2. The van der Waals surface area contributed by atoms with E-state index in [2.05, 4.69) is 28.9 Å². The molecule has 0 heterocycles. The highest BCUT2D eigenvalue weighted by molar-refractivity contribution is 5.92. The molecule has 116 valence electrons. The fourth-order valence-corrected chi connectivity index (χ4v) is 2.21. The highest BCUT2D eigenvalue weighted by Gasteiger charge is 2.38. The van der Waals surface area contributed by atoms with Crippen molar-refractivity contribution in [2.45, 2.75) is 39.1 Å². The van der Waals surface area contributed by atoms with E-state index in [0.717, 1.165) is 12.8 Å². The molecule has 7 heteroatoms. The van der Waals surface area contributed by atoms with Crippen LogP contribution in [0.4, 0.5) is 18.9 Å². The molecule has 2 rings (SSSR count). The Bertz CT molecular complexity index is 541. The van der Waals surface area contributed by atoms with Gasteiger partial charge in [0.1, 0.15) is 5.75 Å². The largest absolute Gasteiger partial charge is 0.573 e. The fraction of sp³-hybridized carbons (Fsp3) is 0.500. The van der Waals surface area contributed by atoms with Gasteiger partial charge >= 0.3 is 6.36 Å². The number of nitrogens with zero attached hydrogens (tertiary/aromatic N) is 1. The highest BCUT2D eigenvalue weighted by atomic mass is 19.4. The van der Waals surface area contributed by atoms with E-state index < -0.39 is 6.36 Å². The number of ether oxygens (including phenoxy) is 1. The number of halogens is 3. The van der Waals surface area contributed by atoms with Gasteiger partial charge in [-0.2, -0.15) is 0 Å². The summed E-state index contributed by atoms with van der Waals surface area (Å²) in [6, 6.07) is 5.63. The van der Waals surface area contributed by atoms with Crippen LogP contribution in [-0.2, 0) is 0 Å². The molecule has 0 radical (unpaired) electrons. The van der Waals surface area contributed by atoms with E-state index in [-0.39, 0.29) is 23.2 Å². The summed E-state index contributed by atoms with van der Waals surface area (Å²) in [5.41, 5.74) is 6.31. The SMILES string of the molecule is CC1(C)CCC1N=C(N)Nc1cccc(OC(F)(F)F)c1. The van der Waals surface area contributed by atoms with Crippen molar-refractivity contribution in [2.75, 3.05) is 5.32 Å². The van der Waals surface area contributed by atoms with Gasteiger partial charge in [0.05, 0.1) is 6.04 Å². The lowest BCUT2D eigenvalue weighted by molar-refractivity contribution is -0.274. The molecule has 1 atom stereocenters. The van der Waals surface area contributed by atoms with E-state index in [1.807, 2.05) is 0 Å². The average Bonchev–Trinajstić information content (AvgIpc) is 2.33. The van der Waals surface area contributed by atoms with Crippen LogP contribution in [-0.4, -0.2) is 18.4 Å². The summed E-state index contributed by atoms with van der Waals surface area (Å²) in [6.07, 6.45) is -2.66. The fourth-order valence-electron chi connectivity index (χ4n) is 2.21. The summed E-state index contributed by atoms with van der Waals surface area (Å²) >= 11 is 0. The monoisotopic (exact) mass is 301 g/mol. The predicted octanol–water partition coefficient (Wildman–Crippen LogP) is 3.50. The van der Waals surface area contributed by atoms with Crippen LogP contribution in [0.25, 0.3) is 0 Å². The number of anilines is 1. The molecule has 0 bridgehead atoms. The predicted molar refractivity (Wildman–Crippen MR) is 75.2 cm³/mol. The lowest BCUT2D eigenvalue weighted by Gasteiger charge is -2.41.